The Kier molecular flexibility index (Phi) is 7.69. The van der Waals surface area contributed by atoms with Crippen molar-refractivity contribution in [2.24, 2.45) is 0 Å². The van der Waals surface area contributed by atoms with Crippen LogP contribution < -0.4 is 5.19 Å². The van der Waals surface area contributed by atoms with E-state index in [2.05, 4.69) is 37.4 Å². The smallest absolute Gasteiger partial charge is 0.309 e. The Morgan fingerprint density at radius 3 is 2.14 bits per heavy atom. The molecule has 0 radical (unpaired) electrons. The van der Waals surface area contributed by atoms with E-state index < -0.39 is 19.8 Å². The topological polar surface area (TPSA) is 46.5 Å². The first-order valence-corrected chi connectivity index (χ1v) is 13.3. The third kappa shape index (κ3) is 6.97. The van der Waals surface area contributed by atoms with E-state index in [1.165, 1.54) is 5.19 Å². The molecule has 1 atom stereocenters. The largest absolute Gasteiger partial charge is 0.460 e. The zero-order chi connectivity index (χ0) is 20.8. The quantitative estimate of drug-likeness (QED) is 0.397. The zero-order valence-electron chi connectivity index (χ0n) is 17.3. The number of esters is 1. The monoisotopic (exact) mass is 414 g/mol. The van der Waals surface area contributed by atoms with Crippen LogP contribution >= 0.6 is 11.8 Å². The highest BCUT2D eigenvalue weighted by Gasteiger charge is 2.30. The summed E-state index contributed by atoms with van der Waals surface area (Å²) in [5.74, 6) is -0.389. The second-order valence-corrected chi connectivity index (χ2v) is 14.1. The standard InChI is InChI=1S/C23H30O3SSi/c1-23(2,3)26-21(25)16-18(24)17-22(27-19-12-8-6-9-13-19)28(4,5)20-14-10-7-11-15-20/h6-15,17-18,24H,16H2,1-5H3/b22-17+. The zero-order valence-corrected chi connectivity index (χ0v) is 19.1. The highest BCUT2D eigenvalue weighted by Crippen LogP contribution is 2.34. The minimum absolute atomic E-state index is 0.0462. The van der Waals surface area contributed by atoms with Gasteiger partial charge in [-0.25, -0.2) is 0 Å². The fraction of sp³-hybridized carbons (Fsp3) is 0.348. The van der Waals surface area contributed by atoms with Crippen molar-refractivity contribution >= 4 is 31.0 Å². The SMILES string of the molecule is CC(C)(C)OC(=O)CC(O)/C=C(\Sc1ccccc1)[Si](C)(C)c1ccccc1. The van der Waals surface area contributed by atoms with Crippen molar-refractivity contribution in [1.82, 2.24) is 0 Å². The van der Waals surface area contributed by atoms with Crippen LogP contribution in [-0.2, 0) is 9.53 Å². The fourth-order valence-corrected chi connectivity index (χ4v) is 7.19. The van der Waals surface area contributed by atoms with E-state index in [0.717, 1.165) is 9.42 Å². The number of rotatable bonds is 7. The summed E-state index contributed by atoms with van der Waals surface area (Å²) in [5, 5.41) is 11.9. The van der Waals surface area contributed by atoms with Crippen LogP contribution in [0, 0.1) is 0 Å². The molecule has 0 aromatic heterocycles. The Hall–Kier alpha value is -1.82. The van der Waals surface area contributed by atoms with Gasteiger partial charge >= 0.3 is 5.97 Å². The highest BCUT2D eigenvalue weighted by molar-refractivity contribution is 8.05. The second kappa shape index (κ2) is 9.59. The Labute approximate surface area is 173 Å². The lowest BCUT2D eigenvalue weighted by Gasteiger charge is -2.27. The van der Waals surface area contributed by atoms with Gasteiger partial charge in [-0.3, -0.25) is 4.79 Å². The van der Waals surface area contributed by atoms with Crippen LogP contribution in [0.5, 0.6) is 0 Å². The molecule has 0 fully saturated rings. The Balaban J connectivity index is 2.29. The van der Waals surface area contributed by atoms with Crippen LogP contribution in [0.3, 0.4) is 0 Å². The van der Waals surface area contributed by atoms with Crippen molar-refractivity contribution in [2.45, 2.75) is 56.9 Å². The molecular weight excluding hydrogens is 384 g/mol. The molecule has 150 valence electrons. The number of ether oxygens (including phenoxy) is 1. The van der Waals surface area contributed by atoms with Crippen molar-refractivity contribution in [3.8, 4) is 0 Å². The van der Waals surface area contributed by atoms with Crippen LogP contribution in [0.15, 0.2) is 76.2 Å². The summed E-state index contributed by atoms with van der Waals surface area (Å²) in [6.07, 6.45) is 0.924. The van der Waals surface area contributed by atoms with Crippen LogP contribution in [-0.4, -0.2) is 30.9 Å². The molecule has 5 heteroatoms. The van der Waals surface area contributed by atoms with Gasteiger partial charge in [-0.2, -0.15) is 0 Å². The maximum Gasteiger partial charge on any atom is 0.309 e. The van der Waals surface area contributed by atoms with Crippen molar-refractivity contribution in [1.29, 1.82) is 0 Å². The number of carbonyl (C=O) groups excluding carboxylic acids is 1. The normalized spacial score (nSPS) is 13.9. The Bertz CT molecular complexity index is 796. The van der Waals surface area contributed by atoms with Crippen LogP contribution in [0.4, 0.5) is 0 Å². The Morgan fingerprint density at radius 2 is 1.61 bits per heavy atom. The molecule has 0 saturated heterocycles. The first-order chi connectivity index (χ1) is 13.1. The number of hydrogen-bond acceptors (Lipinski definition) is 4. The molecule has 0 amide bonds. The van der Waals surface area contributed by atoms with Gasteiger partial charge in [0.15, 0.2) is 0 Å². The van der Waals surface area contributed by atoms with Gasteiger partial charge in [0, 0.05) is 4.90 Å². The van der Waals surface area contributed by atoms with E-state index >= 15 is 0 Å². The van der Waals surface area contributed by atoms with Crippen LogP contribution in [0.1, 0.15) is 27.2 Å². The lowest BCUT2D eigenvalue weighted by molar-refractivity contribution is -0.156. The van der Waals surface area contributed by atoms with E-state index in [9.17, 15) is 9.90 Å². The van der Waals surface area contributed by atoms with Crippen molar-refractivity contribution < 1.29 is 14.6 Å². The first kappa shape index (κ1) is 22.5. The summed E-state index contributed by atoms with van der Waals surface area (Å²) < 4.78 is 6.48. The predicted octanol–water partition coefficient (Wildman–Crippen LogP) is 4.91. The van der Waals surface area contributed by atoms with Gasteiger partial charge in [-0.1, -0.05) is 78.6 Å². The lowest BCUT2D eigenvalue weighted by Crippen LogP contribution is -2.43. The average Bonchev–Trinajstić information content (AvgIpc) is 2.61. The van der Waals surface area contributed by atoms with E-state index in [1.54, 1.807) is 11.8 Å². The second-order valence-electron chi connectivity index (χ2n) is 8.29. The minimum Gasteiger partial charge on any atom is -0.460 e. The molecule has 2 aromatic rings. The molecule has 0 bridgehead atoms. The van der Waals surface area contributed by atoms with Gasteiger partial charge in [0.1, 0.15) is 13.7 Å². The Morgan fingerprint density at radius 1 is 1.07 bits per heavy atom. The summed E-state index contributed by atoms with van der Waals surface area (Å²) in [5.41, 5.74) is -0.555. The lowest BCUT2D eigenvalue weighted by atomic mass is 10.2. The summed E-state index contributed by atoms with van der Waals surface area (Å²) >= 11 is 1.67. The molecule has 2 aromatic carbocycles. The summed E-state index contributed by atoms with van der Waals surface area (Å²) in [6, 6.07) is 20.5. The van der Waals surface area contributed by atoms with E-state index in [0.29, 0.717) is 0 Å². The molecule has 0 aliphatic heterocycles. The fourth-order valence-electron chi connectivity index (χ4n) is 2.77. The maximum absolute atomic E-state index is 12.1. The summed E-state index contributed by atoms with van der Waals surface area (Å²) in [7, 11) is -2.04. The number of aliphatic hydroxyl groups is 1. The number of carbonyl (C=O) groups is 1. The predicted molar refractivity (Wildman–Crippen MR) is 120 cm³/mol. The summed E-state index contributed by atoms with van der Waals surface area (Å²) in [6.45, 7) is 10.0. The van der Waals surface area contributed by atoms with Gasteiger partial charge in [0.05, 0.1) is 12.5 Å². The van der Waals surface area contributed by atoms with Gasteiger partial charge in [-0.05, 0) is 43.5 Å². The van der Waals surface area contributed by atoms with E-state index in [-0.39, 0.29) is 12.4 Å². The molecule has 0 aliphatic rings. The molecule has 28 heavy (non-hydrogen) atoms. The highest BCUT2D eigenvalue weighted by atomic mass is 32.2. The molecule has 3 nitrogen and oxygen atoms in total. The van der Waals surface area contributed by atoms with Crippen LogP contribution in [0.25, 0.3) is 0 Å². The van der Waals surface area contributed by atoms with E-state index in [1.807, 2.05) is 63.2 Å². The van der Waals surface area contributed by atoms with Gasteiger partial charge in [-0.15, -0.1) is 0 Å². The molecule has 0 spiro atoms. The molecular formula is C23H30O3SSi. The number of hydrogen-bond donors (Lipinski definition) is 1. The third-order valence-corrected chi connectivity index (χ3v) is 10.1. The average molecular weight is 415 g/mol. The minimum atomic E-state index is -2.04. The van der Waals surface area contributed by atoms with Crippen molar-refractivity contribution in [2.75, 3.05) is 0 Å². The maximum atomic E-state index is 12.1. The molecule has 0 heterocycles. The molecule has 2 rings (SSSR count). The third-order valence-electron chi connectivity index (χ3n) is 4.22. The van der Waals surface area contributed by atoms with Gasteiger partial charge in [0.2, 0.25) is 0 Å². The molecule has 1 N–H and O–H groups in total. The van der Waals surface area contributed by atoms with Crippen LogP contribution in [0.2, 0.25) is 13.1 Å². The first-order valence-electron chi connectivity index (χ1n) is 9.48. The van der Waals surface area contributed by atoms with Gasteiger partial charge < -0.3 is 9.84 Å². The van der Waals surface area contributed by atoms with E-state index in [4.69, 9.17) is 4.74 Å². The van der Waals surface area contributed by atoms with Crippen molar-refractivity contribution in [3.05, 3.63) is 71.3 Å². The van der Waals surface area contributed by atoms with Gasteiger partial charge in [0.25, 0.3) is 0 Å². The molecule has 0 saturated carbocycles. The number of thioether (sulfide) groups is 1. The number of aliphatic hydroxyl groups excluding tert-OH is 1. The molecule has 1 unspecified atom stereocenters. The molecule has 0 aliphatic carbocycles. The number of benzene rings is 2. The summed E-state index contributed by atoms with van der Waals surface area (Å²) in [4.78, 5) is 13.2. The van der Waals surface area contributed by atoms with Crippen molar-refractivity contribution in [3.63, 3.8) is 0 Å².